The molecule has 20 heavy (non-hydrogen) atoms. The fraction of sp³-hybridized carbons (Fsp3) is 0.250. The standard InChI is InChI=1S/C16H17N3S/c1-10-16(20-11(2)19-10)15(17-3)14-6-4-5-12-9-18-8-7-13(12)14/h4-9,15,17H,1-3H3. The third kappa shape index (κ3) is 2.21. The van der Waals surface area contributed by atoms with Crippen LogP contribution in [0.2, 0.25) is 0 Å². The number of pyridine rings is 1. The predicted molar refractivity (Wildman–Crippen MR) is 84.2 cm³/mol. The van der Waals surface area contributed by atoms with Gasteiger partial charge >= 0.3 is 0 Å². The molecule has 0 fully saturated rings. The summed E-state index contributed by atoms with van der Waals surface area (Å²) >= 11 is 1.76. The molecule has 3 nitrogen and oxygen atoms in total. The van der Waals surface area contributed by atoms with E-state index in [9.17, 15) is 0 Å². The van der Waals surface area contributed by atoms with E-state index in [1.54, 1.807) is 11.3 Å². The Morgan fingerprint density at radius 3 is 2.75 bits per heavy atom. The molecule has 1 atom stereocenters. The first-order valence-electron chi connectivity index (χ1n) is 6.64. The molecule has 0 radical (unpaired) electrons. The van der Waals surface area contributed by atoms with Crippen molar-refractivity contribution in [1.82, 2.24) is 15.3 Å². The maximum Gasteiger partial charge on any atom is 0.0900 e. The van der Waals surface area contributed by atoms with E-state index in [-0.39, 0.29) is 6.04 Å². The summed E-state index contributed by atoms with van der Waals surface area (Å²) in [6.45, 7) is 4.14. The lowest BCUT2D eigenvalue weighted by Gasteiger charge is -2.18. The number of nitrogens with zero attached hydrogens (tertiary/aromatic N) is 2. The van der Waals surface area contributed by atoms with E-state index in [4.69, 9.17) is 0 Å². The van der Waals surface area contributed by atoms with Gasteiger partial charge in [-0.3, -0.25) is 4.98 Å². The van der Waals surface area contributed by atoms with E-state index < -0.39 is 0 Å². The third-order valence-corrected chi connectivity index (χ3v) is 4.65. The van der Waals surface area contributed by atoms with Crippen molar-refractivity contribution in [2.24, 2.45) is 0 Å². The molecule has 0 bridgehead atoms. The van der Waals surface area contributed by atoms with E-state index in [0.717, 1.165) is 10.7 Å². The number of rotatable bonds is 3. The molecular weight excluding hydrogens is 266 g/mol. The summed E-state index contributed by atoms with van der Waals surface area (Å²) in [7, 11) is 2.00. The smallest absolute Gasteiger partial charge is 0.0900 e. The highest BCUT2D eigenvalue weighted by Crippen LogP contribution is 2.33. The molecule has 4 heteroatoms. The average molecular weight is 283 g/mol. The second-order valence-corrected chi connectivity index (χ2v) is 6.08. The summed E-state index contributed by atoms with van der Waals surface area (Å²) in [5.74, 6) is 0. The van der Waals surface area contributed by atoms with E-state index in [1.165, 1.54) is 21.2 Å². The van der Waals surface area contributed by atoms with Crippen LogP contribution < -0.4 is 5.32 Å². The Balaban J connectivity index is 2.19. The highest BCUT2D eigenvalue weighted by molar-refractivity contribution is 7.11. The number of aromatic nitrogens is 2. The minimum absolute atomic E-state index is 0.173. The van der Waals surface area contributed by atoms with E-state index >= 15 is 0 Å². The zero-order valence-electron chi connectivity index (χ0n) is 11.8. The lowest BCUT2D eigenvalue weighted by atomic mass is 9.98. The second kappa shape index (κ2) is 5.31. The topological polar surface area (TPSA) is 37.8 Å². The maximum absolute atomic E-state index is 4.55. The summed E-state index contributed by atoms with van der Waals surface area (Å²) in [5, 5.41) is 6.96. The van der Waals surface area contributed by atoms with Gasteiger partial charge in [0, 0.05) is 22.7 Å². The Labute approximate surface area is 122 Å². The minimum atomic E-state index is 0.173. The van der Waals surface area contributed by atoms with Crippen LogP contribution in [0.3, 0.4) is 0 Å². The van der Waals surface area contributed by atoms with Crippen LogP contribution in [0.1, 0.15) is 27.2 Å². The molecule has 1 N–H and O–H groups in total. The normalized spacial score (nSPS) is 12.8. The average Bonchev–Trinajstić information content (AvgIpc) is 2.79. The molecule has 1 unspecified atom stereocenters. The minimum Gasteiger partial charge on any atom is -0.309 e. The fourth-order valence-corrected chi connectivity index (χ4v) is 3.70. The number of hydrogen-bond donors (Lipinski definition) is 1. The first-order valence-corrected chi connectivity index (χ1v) is 7.46. The maximum atomic E-state index is 4.55. The molecule has 1 aromatic carbocycles. The fourth-order valence-electron chi connectivity index (χ4n) is 2.64. The lowest BCUT2D eigenvalue weighted by Crippen LogP contribution is -2.17. The van der Waals surface area contributed by atoms with Crippen LogP contribution in [0.5, 0.6) is 0 Å². The van der Waals surface area contributed by atoms with Crippen molar-refractivity contribution in [3.63, 3.8) is 0 Å². The molecule has 2 heterocycles. The summed E-state index contributed by atoms with van der Waals surface area (Å²) in [4.78, 5) is 10.0. The quantitative estimate of drug-likeness (QED) is 0.798. The van der Waals surface area contributed by atoms with Crippen molar-refractivity contribution in [3.8, 4) is 0 Å². The van der Waals surface area contributed by atoms with Gasteiger partial charge in [-0.2, -0.15) is 0 Å². The van der Waals surface area contributed by atoms with Gasteiger partial charge in [0.1, 0.15) is 0 Å². The van der Waals surface area contributed by atoms with Crippen molar-refractivity contribution >= 4 is 22.1 Å². The van der Waals surface area contributed by atoms with Gasteiger partial charge in [-0.15, -0.1) is 11.3 Å². The van der Waals surface area contributed by atoms with Gasteiger partial charge in [0.2, 0.25) is 0 Å². The molecule has 0 saturated heterocycles. The van der Waals surface area contributed by atoms with E-state index in [1.807, 2.05) is 19.4 Å². The van der Waals surface area contributed by atoms with Gasteiger partial charge in [0.25, 0.3) is 0 Å². The first kappa shape index (κ1) is 13.2. The summed E-state index contributed by atoms with van der Waals surface area (Å²) < 4.78 is 0. The Bertz CT molecular complexity index is 743. The predicted octanol–water partition coefficient (Wildman–Crippen LogP) is 3.62. The van der Waals surface area contributed by atoms with Gasteiger partial charge in [-0.1, -0.05) is 18.2 Å². The Morgan fingerprint density at radius 1 is 1.20 bits per heavy atom. The number of aryl methyl sites for hydroxylation is 2. The van der Waals surface area contributed by atoms with Gasteiger partial charge in [-0.05, 0) is 37.9 Å². The highest BCUT2D eigenvalue weighted by atomic mass is 32.1. The third-order valence-electron chi connectivity index (χ3n) is 3.52. The molecule has 0 spiro atoms. The van der Waals surface area contributed by atoms with E-state index in [0.29, 0.717) is 0 Å². The SMILES string of the molecule is CNC(c1sc(C)nc1C)c1cccc2cnccc12. The molecule has 3 aromatic rings. The first-order chi connectivity index (χ1) is 9.70. The summed E-state index contributed by atoms with van der Waals surface area (Å²) in [6.07, 6.45) is 3.76. The molecule has 0 saturated carbocycles. The van der Waals surface area contributed by atoms with Crippen molar-refractivity contribution in [3.05, 3.63) is 57.8 Å². The zero-order chi connectivity index (χ0) is 14.1. The van der Waals surface area contributed by atoms with Crippen molar-refractivity contribution < 1.29 is 0 Å². The molecule has 2 aromatic heterocycles. The number of nitrogens with one attached hydrogen (secondary N) is 1. The molecule has 3 rings (SSSR count). The number of thiazole rings is 1. The van der Waals surface area contributed by atoms with Gasteiger partial charge < -0.3 is 5.32 Å². The summed E-state index contributed by atoms with van der Waals surface area (Å²) in [6, 6.07) is 8.62. The molecular formula is C16H17N3S. The monoisotopic (exact) mass is 283 g/mol. The zero-order valence-corrected chi connectivity index (χ0v) is 12.7. The highest BCUT2D eigenvalue weighted by Gasteiger charge is 2.19. The lowest BCUT2D eigenvalue weighted by molar-refractivity contribution is 0.702. The van der Waals surface area contributed by atoms with Crippen LogP contribution >= 0.6 is 11.3 Å². The molecule has 0 aliphatic carbocycles. The summed E-state index contributed by atoms with van der Waals surface area (Å²) in [5.41, 5.74) is 2.39. The van der Waals surface area contributed by atoms with Crippen LogP contribution in [0.4, 0.5) is 0 Å². The van der Waals surface area contributed by atoms with Crippen LogP contribution in [-0.2, 0) is 0 Å². The molecule has 0 aliphatic heterocycles. The molecule has 0 aliphatic rings. The van der Waals surface area contributed by atoms with Gasteiger partial charge in [0.05, 0.1) is 16.7 Å². The van der Waals surface area contributed by atoms with Gasteiger partial charge in [-0.25, -0.2) is 4.98 Å². The molecule has 102 valence electrons. The van der Waals surface area contributed by atoms with Crippen LogP contribution in [0, 0.1) is 13.8 Å². The van der Waals surface area contributed by atoms with Gasteiger partial charge in [0.15, 0.2) is 0 Å². The van der Waals surface area contributed by atoms with Crippen molar-refractivity contribution in [1.29, 1.82) is 0 Å². The number of fused-ring (bicyclic) bond motifs is 1. The van der Waals surface area contributed by atoms with Crippen molar-refractivity contribution in [2.45, 2.75) is 19.9 Å². The Kier molecular flexibility index (Phi) is 3.51. The van der Waals surface area contributed by atoms with E-state index in [2.05, 4.69) is 53.4 Å². The largest absolute Gasteiger partial charge is 0.309 e. The number of hydrogen-bond acceptors (Lipinski definition) is 4. The second-order valence-electron chi connectivity index (χ2n) is 4.85. The Hall–Kier alpha value is -1.78. The van der Waals surface area contributed by atoms with Crippen molar-refractivity contribution in [2.75, 3.05) is 7.05 Å². The molecule has 0 amide bonds. The Morgan fingerprint density at radius 2 is 2.05 bits per heavy atom. The van der Waals surface area contributed by atoms with Crippen LogP contribution in [0.15, 0.2) is 36.7 Å². The number of benzene rings is 1. The van der Waals surface area contributed by atoms with Crippen LogP contribution in [0.25, 0.3) is 10.8 Å². The van der Waals surface area contributed by atoms with Crippen LogP contribution in [-0.4, -0.2) is 17.0 Å².